The first-order chi connectivity index (χ1) is 8.72. The van der Waals surface area contributed by atoms with Crippen LogP contribution in [0.25, 0.3) is 4.96 Å². The average Bonchev–Trinajstić information content (AvgIpc) is 2.81. The first kappa shape index (κ1) is 11.8. The Hall–Kier alpha value is -1.24. The van der Waals surface area contributed by atoms with Crippen molar-refractivity contribution in [1.82, 2.24) is 14.3 Å². The molecule has 18 heavy (non-hydrogen) atoms. The third-order valence-electron chi connectivity index (χ3n) is 3.30. The standard InChI is InChI=1S/C12H15N3O2S/c16-10-1-3-14(4-2-10)8-9-7-11(17)15-5-6-18-12(15)13-9/h5-7,10,16H,1-4,8H2. The van der Waals surface area contributed by atoms with Gasteiger partial charge in [0.25, 0.3) is 5.56 Å². The maximum absolute atomic E-state index is 11.8. The maximum Gasteiger partial charge on any atom is 0.258 e. The fourth-order valence-electron chi connectivity index (χ4n) is 2.28. The van der Waals surface area contributed by atoms with Crippen LogP contribution in [0.1, 0.15) is 18.5 Å². The molecule has 1 saturated heterocycles. The molecule has 3 heterocycles. The van der Waals surface area contributed by atoms with E-state index < -0.39 is 0 Å². The summed E-state index contributed by atoms with van der Waals surface area (Å²) in [7, 11) is 0. The molecule has 1 aliphatic rings. The second kappa shape index (κ2) is 4.79. The smallest absolute Gasteiger partial charge is 0.258 e. The van der Waals surface area contributed by atoms with E-state index in [9.17, 15) is 9.90 Å². The Morgan fingerprint density at radius 1 is 1.44 bits per heavy atom. The molecule has 0 bridgehead atoms. The highest BCUT2D eigenvalue weighted by Crippen LogP contribution is 2.13. The summed E-state index contributed by atoms with van der Waals surface area (Å²) in [6.07, 6.45) is 3.19. The van der Waals surface area contributed by atoms with Crippen molar-refractivity contribution in [2.24, 2.45) is 0 Å². The zero-order valence-electron chi connectivity index (χ0n) is 9.95. The van der Waals surface area contributed by atoms with Crippen LogP contribution in [-0.4, -0.2) is 38.6 Å². The number of thiazole rings is 1. The molecule has 0 aromatic carbocycles. The highest BCUT2D eigenvalue weighted by atomic mass is 32.1. The number of piperidine rings is 1. The zero-order valence-corrected chi connectivity index (χ0v) is 10.8. The molecule has 1 fully saturated rings. The molecule has 2 aromatic heterocycles. The quantitative estimate of drug-likeness (QED) is 0.869. The van der Waals surface area contributed by atoms with Crippen LogP contribution in [-0.2, 0) is 6.54 Å². The van der Waals surface area contributed by atoms with Gasteiger partial charge in [-0.1, -0.05) is 0 Å². The highest BCUT2D eigenvalue weighted by Gasteiger charge is 2.17. The topological polar surface area (TPSA) is 57.8 Å². The largest absolute Gasteiger partial charge is 0.393 e. The van der Waals surface area contributed by atoms with E-state index in [0.717, 1.165) is 36.6 Å². The molecule has 2 aromatic rings. The third kappa shape index (κ3) is 2.31. The van der Waals surface area contributed by atoms with Crippen molar-refractivity contribution in [2.45, 2.75) is 25.5 Å². The lowest BCUT2D eigenvalue weighted by Crippen LogP contribution is -2.35. The van der Waals surface area contributed by atoms with E-state index >= 15 is 0 Å². The minimum atomic E-state index is -0.167. The van der Waals surface area contributed by atoms with Crippen molar-refractivity contribution < 1.29 is 5.11 Å². The second-order valence-electron chi connectivity index (χ2n) is 4.65. The van der Waals surface area contributed by atoms with E-state index in [2.05, 4.69) is 9.88 Å². The van der Waals surface area contributed by atoms with Gasteiger partial charge in [0.15, 0.2) is 4.96 Å². The molecule has 6 heteroatoms. The fraction of sp³-hybridized carbons (Fsp3) is 0.500. The Labute approximate surface area is 108 Å². The van der Waals surface area contributed by atoms with Gasteiger partial charge in [0.05, 0.1) is 11.8 Å². The van der Waals surface area contributed by atoms with Crippen LogP contribution < -0.4 is 5.56 Å². The first-order valence-corrected chi connectivity index (χ1v) is 6.96. The first-order valence-electron chi connectivity index (χ1n) is 6.08. The van der Waals surface area contributed by atoms with Gasteiger partial charge >= 0.3 is 0 Å². The Bertz CT molecular complexity index is 599. The van der Waals surface area contributed by atoms with E-state index in [-0.39, 0.29) is 11.7 Å². The Kier molecular flexibility index (Phi) is 3.15. The molecule has 3 rings (SSSR count). The van der Waals surface area contributed by atoms with Gasteiger partial charge in [-0.15, -0.1) is 11.3 Å². The van der Waals surface area contributed by atoms with Gasteiger partial charge in [0.2, 0.25) is 0 Å². The maximum atomic E-state index is 11.8. The Balaban J connectivity index is 1.80. The lowest BCUT2D eigenvalue weighted by atomic mass is 10.1. The minimum Gasteiger partial charge on any atom is -0.393 e. The molecule has 0 atom stereocenters. The van der Waals surface area contributed by atoms with Crippen molar-refractivity contribution in [3.05, 3.63) is 33.7 Å². The number of aliphatic hydroxyl groups is 1. The lowest BCUT2D eigenvalue weighted by molar-refractivity contribution is 0.0787. The van der Waals surface area contributed by atoms with E-state index in [1.165, 1.54) is 11.3 Å². The van der Waals surface area contributed by atoms with Crippen LogP contribution in [0.2, 0.25) is 0 Å². The molecule has 1 N–H and O–H groups in total. The Morgan fingerprint density at radius 3 is 3.00 bits per heavy atom. The minimum absolute atomic E-state index is 0.0201. The van der Waals surface area contributed by atoms with Crippen LogP contribution in [0.4, 0.5) is 0 Å². The molecule has 96 valence electrons. The van der Waals surface area contributed by atoms with Gasteiger partial charge in [-0.3, -0.25) is 14.1 Å². The average molecular weight is 265 g/mol. The summed E-state index contributed by atoms with van der Waals surface area (Å²) in [4.78, 5) is 19.3. The molecule has 0 saturated carbocycles. The summed E-state index contributed by atoms with van der Waals surface area (Å²) >= 11 is 1.47. The van der Waals surface area contributed by atoms with Crippen LogP contribution in [0, 0.1) is 0 Å². The number of hydrogen-bond donors (Lipinski definition) is 1. The number of rotatable bonds is 2. The molecule has 0 unspecified atom stereocenters. The summed E-state index contributed by atoms with van der Waals surface area (Å²) in [5.41, 5.74) is 0.798. The molecule has 0 aliphatic carbocycles. The summed E-state index contributed by atoms with van der Waals surface area (Å²) in [5.74, 6) is 0. The molecule has 0 radical (unpaired) electrons. The highest BCUT2D eigenvalue weighted by molar-refractivity contribution is 7.15. The van der Waals surface area contributed by atoms with E-state index in [1.54, 1.807) is 16.7 Å². The van der Waals surface area contributed by atoms with Gasteiger partial charge in [-0.2, -0.15) is 0 Å². The molecule has 0 spiro atoms. The summed E-state index contributed by atoms with van der Waals surface area (Å²) in [6, 6.07) is 1.60. The predicted octanol–water partition coefficient (Wildman–Crippen LogP) is 0.713. The van der Waals surface area contributed by atoms with Gasteiger partial charge in [-0.05, 0) is 12.8 Å². The number of aromatic nitrogens is 2. The van der Waals surface area contributed by atoms with Crippen molar-refractivity contribution >= 4 is 16.3 Å². The molecular formula is C12H15N3O2S. The summed E-state index contributed by atoms with van der Waals surface area (Å²) in [5, 5.41) is 11.3. The fourth-order valence-corrected chi connectivity index (χ4v) is 3.01. The SMILES string of the molecule is O=c1cc(CN2CCC(O)CC2)nc2sccn12. The van der Waals surface area contributed by atoms with Crippen molar-refractivity contribution in [2.75, 3.05) is 13.1 Å². The number of hydrogen-bond acceptors (Lipinski definition) is 5. The summed E-state index contributed by atoms with van der Waals surface area (Å²) < 4.78 is 1.56. The zero-order chi connectivity index (χ0) is 12.5. The van der Waals surface area contributed by atoms with Crippen molar-refractivity contribution in [1.29, 1.82) is 0 Å². The van der Waals surface area contributed by atoms with Crippen LogP contribution in [0.3, 0.4) is 0 Å². The van der Waals surface area contributed by atoms with Gasteiger partial charge in [-0.25, -0.2) is 4.98 Å². The molecular weight excluding hydrogens is 250 g/mol. The van der Waals surface area contributed by atoms with Crippen LogP contribution in [0.5, 0.6) is 0 Å². The van der Waals surface area contributed by atoms with Crippen LogP contribution >= 0.6 is 11.3 Å². The third-order valence-corrected chi connectivity index (χ3v) is 4.06. The van der Waals surface area contributed by atoms with Crippen molar-refractivity contribution in [3.63, 3.8) is 0 Å². The number of aliphatic hydroxyl groups excluding tert-OH is 1. The van der Waals surface area contributed by atoms with Gasteiger partial charge in [0, 0.05) is 37.3 Å². The second-order valence-corrected chi connectivity index (χ2v) is 5.52. The molecule has 0 amide bonds. The van der Waals surface area contributed by atoms with Gasteiger partial charge in [0.1, 0.15) is 0 Å². The lowest BCUT2D eigenvalue weighted by Gasteiger charge is -2.28. The van der Waals surface area contributed by atoms with E-state index in [1.807, 2.05) is 5.38 Å². The van der Waals surface area contributed by atoms with E-state index in [0.29, 0.717) is 6.54 Å². The monoisotopic (exact) mass is 265 g/mol. The number of fused-ring (bicyclic) bond motifs is 1. The summed E-state index contributed by atoms with van der Waals surface area (Å²) in [6.45, 7) is 2.43. The van der Waals surface area contributed by atoms with Crippen LogP contribution in [0.15, 0.2) is 22.4 Å². The molecule has 5 nitrogen and oxygen atoms in total. The normalized spacial score (nSPS) is 18.5. The van der Waals surface area contributed by atoms with E-state index in [4.69, 9.17) is 0 Å². The number of likely N-dealkylation sites (tertiary alicyclic amines) is 1. The Morgan fingerprint density at radius 2 is 2.22 bits per heavy atom. The van der Waals surface area contributed by atoms with Gasteiger partial charge < -0.3 is 5.11 Å². The number of nitrogens with zero attached hydrogens (tertiary/aromatic N) is 3. The van der Waals surface area contributed by atoms with Crippen molar-refractivity contribution in [3.8, 4) is 0 Å². The molecule has 1 aliphatic heterocycles. The predicted molar refractivity (Wildman–Crippen MR) is 69.9 cm³/mol.